The van der Waals surface area contributed by atoms with Gasteiger partial charge in [-0.05, 0) is 25.2 Å². The van der Waals surface area contributed by atoms with Gasteiger partial charge in [0.2, 0.25) is 5.43 Å². The maximum atomic E-state index is 14.7. The van der Waals surface area contributed by atoms with Gasteiger partial charge in [-0.25, -0.2) is 14.2 Å². The summed E-state index contributed by atoms with van der Waals surface area (Å²) >= 11 is 0. The first-order chi connectivity index (χ1) is 12.8. The lowest BCUT2D eigenvalue weighted by Crippen LogP contribution is -2.44. The van der Waals surface area contributed by atoms with E-state index in [0.29, 0.717) is 22.2 Å². The summed E-state index contributed by atoms with van der Waals surface area (Å²) in [4.78, 5) is 32.4. The number of carboxylic acid groups (broad SMARTS) is 1. The second-order valence-corrected chi connectivity index (χ2v) is 6.93. The summed E-state index contributed by atoms with van der Waals surface area (Å²) < 4.78 is 16.2. The smallest absolute Gasteiger partial charge is 0.341 e. The largest absolute Gasteiger partial charge is 0.477 e. The van der Waals surface area contributed by atoms with Crippen molar-refractivity contribution in [3.63, 3.8) is 0 Å². The third-order valence-corrected chi connectivity index (χ3v) is 5.08. The number of carbonyl (C=O) groups is 1. The molecule has 1 fully saturated rings. The molecule has 2 aromatic heterocycles. The molecule has 1 aromatic carbocycles. The van der Waals surface area contributed by atoms with Gasteiger partial charge in [-0.15, -0.1) is 12.4 Å². The van der Waals surface area contributed by atoms with Crippen molar-refractivity contribution in [1.29, 1.82) is 0 Å². The van der Waals surface area contributed by atoms with E-state index in [9.17, 15) is 19.1 Å². The molecular formula is C19H20ClFN4O3. The first-order valence-electron chi connectivity index (χ1n) is 8.65. The van der Waals surface area contributed by atoms with Crippen molar-refractivity contribution < 1.29 is 14.3 Å². The molecule has 4 rings (SSSR count). The number of piperazine rings is 1. The first kappa shape index (κ1) is 20.0. The molecular weight excluding hydrogens is 387 g/mol. The molecule has 1 N–H and O–H groups in total. The molecule has 1 aliphatic heterocycles. The molecule has 0 spiro atoms. The Morgan fingerprint density at radius 2 is 1.82 bits per heavy atom. The Labute approximate surface area is 166 Å². The molecule has 0 radical (unpaired) electrons. The zero-order valence-electron chi connectivity index (χ0n) is 15.5. The van der Waals surface area contributed by atoms with Gasteiger partial charge in [0.15, 0.2) is 0 Å². The van der Waals surface area contributed by atoms with Gasteiger partial charge in [0.05, 0.1) is 16.6 Å². The Bertz CT molecular complexity index is 1140. The van der Waals surface area contributed by atoms with Crippen molar-refractivity contribution in [2.75, 3.05) is 38.1 Å². The van der Waals surface area contributed by atoms with Crippen LogP contribution in [0.25, 0.3) is 21.9 Å². The number of halogens is 2. The minimum absolute atomic E-state index is 0. The minimum atomic E-state index is -1.30. The van der Waals surface area contributed by atoms with Crippen molar-refractivity contribution in [2.24, 2.45) is 7.05 Å². The number of hydrogen-bond donors (Lipinski definition) is 1. The van der Waals surface area contributed by atoms with Crippen LogP contribution < -0.4 is 10.3 Å². The van der Waals surface area contributed by atoms with E-state index in [1.807, 2.05) is 11.9 Å². The van der Waals surface area contributed by atoms with Crippen LogP contribution in [0.3, 0.4) is 0 Å². The standard InChI is InChI=1S/C19H19FN4O3.ClH/c1-22-3-5-24(6-4-22)16-9-15-11(8-14(16)20)7-12-17(25)13(19(26)27)10-23(2)18(12)21-15;/h7-10H,3-6H2,1-2H3,(H,26,27);1H. The number of carboxylic acids is 1. The molecule has 28 heavy (non-hydrogen) atoms. The SMILES string of the molecule is CN1CCN(c2cc3nc4c(cc3cc2F)c(=O)c(C(=O)O)cn4C)CC1.Cl. The zero-order chi connectivity index (χ0) is 19.3. The van der Waals surface area contributed by atoms with Crippen molar-refractivity contribution in [1.82, 2.24) is 14.5 Å². The summed E-state index contributed by atoms with van der Waals surface area (Å²) in [5.74, 6) is -1.67. The predicted molar refractivity (Wildman–Crippen MR) is 108 cm³/mol. The molecule has 1 aliphatic rings. The number of benzene rings is 1. The van der Waals surface area contributed by atoms with Crippen LogP contribution in [0.2, 0.25) is 0 Å². The van der Waals surface area contributed by atoms with Gasteiger partial charge in [0, 0.05) is 44.8 Å². The van der Waals surface area contributed by atoms with E-state index in [4.69, 9.17) is 0 Å². The van der Waals surface area contributed by atoms with Crippen LogP contribution in [0.4, 0.5) is 10.1 Å². The Balaban J connectivity index is 0.00000225. The van der Waals surface area contributed by atoms with E-state index >= 15 is 0 Å². The fourth-order valence-corrected chi connectivity index (χ4v) is 3.51. The Morgan fingerprint density at radius 1 is 1.14 bits per heavy atom. The highest BCUT2D eigenvalue weighted by Gasteiger charge is 2.20. The maximum Gasteiger partial charge on any atom is 0.341 e. The summed E-state index contributed by atoms with van der Waals surface area (Å²) in [5.41, 5.74) is 0.480. The van der Waals surface area contributed by atoms with Gasteiger partial charge < -0.3 is 19.5 Å². The third-order valence-electron chi connectivity index (χ3n) is 5.08. The Hall–Kier alpha value is -2.71. The van der Waals surface area contributed by atoms with Crippen LogP contribution >= 0.6 is 12.4 Å². The summed E-state index contributed by atoms with van der Waals surface area (Å²) in [6, 6.07) is 4.58. The number of aromatic nitrogens is 2. The van der Waals surface area contributed by atoms with Gasteiger partial charge in [0.25, 0.3) is 0 Å². The molecule has 0 atom stereocenters. The van der Waals surface area contributed by atoms with E-state index in [2.05, 4.69) is 9.88 Å². The number of aromatic carboxylic acids is 1. The van der Waals surface area contributed by atoms with Gasteiger partial charge in [-0.1, -0.05) is 0 Å². The fraction of sp³-hybridized carbons (Fsp3) is 0.316. The molecule has 3 heterocycles. The Morgan fingerprint density at radius 3 is 2.46 bits per heavy atom. The van der Waals surface area contributed by atoms with Crippen LogP contribution in [-0.4, -0.2) is 58.8 Å². The van der Waals surface area contributed by atoms with E-state index in [1.54, 1.807) is 13.1 Å². The quantitative estimate of drug-likeness (QED) is 0.657. The lowest BCUT2D eigenvalue weighted by atomic mass is 10.1. The summed E-state index contributed by atoms with van der Waals surface area (Å²) in [6.07, 6.45) is 1.26. The molecule has 0 amide bonds. The number of pyridine rings is 2. The summed E-state index contributed by atoms with van der Waals surface area (Å²) in [5, 5.41) is 9.84. The number of hydrogen-bond acceptors (Lipinski definition) is 5. The number of anilines is 1. The molecule has 0 bridgehead atoms. The monoisotopic (exact) mass is 406 g/mol. The van der Waals surface area contributed by atoms with E-state index < -0.39 is 11.4 Å². The normalized spacial score (nSPS) is 15.0. The minimum Gasteiger partial charge on any atom is -0.477 e. The number of nitrogens with zero attached hydrogens (tertiary/aromatic N) is 4. The molecule has 9 heteroatoms. The lowest BCUT2D eigenvalue weighted by molar-refractivity contribution is 0.0695. The van der Waals surface area contributed by atoms with E-state index in [0.717, 1.165) is 26.2 Å². The average Bonchev–Trinajstić information content (AvgIpc) is 2.63. The summed E-state index contributed by atoms with van der Waals surface area (Å²) in [6.45, 7) is 3.17. The second-order valence-electron chi connectivity index (χ2n) is 6.93. The number of fused-ring (bicyclic) bond motifs is 2. The molecule has 1 saturated heterocycles. The third kappa shape index (κ3) is 3.29. The first-order valence-corrected chi connectivity index (χ1v) is 8.65. The molecule has 148 valence electrons. The number of rotatable bonds is 2. The highest BCUT2D eigenvalue weighted by atomic mass is 35.5. The topological polar surface area (TPSA) is 78.7 Å². The molecule has 0 aliphatic carbocycles. The molecule has 0 saturated carbocycles. The Kier molecular flexibility index (Phi) is 5.27. The van der Waals surface area contributed by atoms with Gasteiger partial charge in [-0.2, -0.15) is 0 Å². The van der Waals surface area contributed by atoms with E-state index in [1.165, 1.54) is 22.9 Å². The van der Waals surface area contributed by atoms with Gasteiger partial charge in [-0.3, -0.25) is 4.79 Å². The lowest BCUT2D eigenvalue weighted by Gasteiger charge is -2.34. The van der Waals surface area contributed by atoms with Gasteiger partial charge in [0.1, 0.15) is 17.0 Å². The fourth-order valence-electron chi connectivity index (χ4n) is 3.51. The molecule has 0 unspecified atom stereocenters. The number of likely N-dealkylation sites (N-methyl/N-ethyl adjacent to an activating group) is 1. The van der Waals surface area contributed by atoms with Crippen LogP contribution in [0, 0.1) is 5.82 Å². The van der Waals surface area contributed by atoms with Gasteiger partial charge >= 0.3 is 5.97 Å². The highest BCUT2D eigenvalue weighted by Crippen LogP contribution is 2.27. The number of aryl methyl sites for hydroxylation is 1. The highest BCUT2D eigenvalue weighted by molar-refractivity contribution is 5.96. The van der Waals surface area contributed by atoms with E-state index in [-0.39, 0.29) is 29.2 Å². The van der Waals surface area contributed by atoms with Crippen molar-refractivity contribution >= 4 is 46.0 Å². The van der Waals surface area contributed by atoms with Crippen molar-refractivity contribution in [3.8, 4) is 0 Å². The predicted octanol–water partition coefficient (Wildman–Crippen LogP) is 2.10. The molecule has 3 aromatic rings. The van der Waals surface area contributed by atoms with Crippen LogP contribution in [-0.2, 0) is 7.05 Å². The second kappa shape index (κ2) is 7.37. The average molecular weight is 407 g/mol. The van der Waals surface area contributed by atoms with Crippen LogP contribution in [0.1, 0.15) is 10.4 Å². The maximum absolute atomic E-state index is 14.7. The summed E-state index contributed by atoms with van der Waals surface area (Å²) in [7, 11) is 3.67. The van der Waals surface area contributed by atoms with Crippen LogP contribution in [0.15, 0.2) is 29.2 Å². The zero-order valence-corrected chi connectivity index (χ0v) is 16.3. The van der Waals surface area contributed by atoms with Crippen LogP contribution in [0.5, 0.6) is 0 Å². The van der Waals surface area contributed by atoms with Crippen molar-refractivity contribution in [2.45, 2.75) is 0 Å². The van der Waals surface area contributed by atoms with Crippen molar-refractivity contribution in [3.05, 3.63) is 46.0 Å². The molecule has 7 nitrogen and oxygen atoms in total.